The van der Waals surface area contributed by atoms with Crippen molar-refractivity contribution in [2.75, 3.05) is 0 Å². The van der Waals surface area contributed by atoms with E-state index in [-0.39, 0.29) is 36.1 Å². The van der Waals surface area contributed by atoms with Gasteiger partial charge in [0.1, 0.15) is 29.3 Å². The highest BCUT2D eigenvalue weighted by molar-refractivity contribution is 5.97. The molecule has 0 fully saturated rings. The third-order valence-corrected chi connectivity index (χ3v) is 3.72. The van der Waals surface area contributed by atoms with E-state index in [0.29, 0.717) is 0 Å². The number of ether oxygens (including phenoxy) is 1. The molecule has 1 heterocycles. The normalized spacial score (nSPS) is 26.0. The van der Waals surface area contributed by atoms with Crippen LogP contribution in [0.5, 0.6) is 11.5 Å². The predicted molar refractivity (Wildman–Crippen MR) is 87.7 cm³/mol. The largest absolute Gasteiger partial charge is 0.508 e. The van der Waals surface area contributed by atoms with Gasteiger partial charge in [-0.3, -0.25) is 4.79 Å². The van der Waals surface area contributed by atoms with E-state index in [4.69, 9.17) is 4.74 Å². The lowest BCUT2D eigenvalue weighted by atomic mass is 10.0. The van der Waals surface area contributed by atoms with E-state index in [9.17, 15) is 29.3 Å². The Bertz CT molecular complexity index is 737. The number of esters is 1. The monoisotopic (exact) mass is 350 g/mol. The first-order valence-corrected chi connectivity index (χ1v) is 7.81. The van der Waals surface area contributed by atoms with Gasteiger partial charge in [-0.1, -0.05) is 12.2 Å². The first-order valence-electron chi connectivity index (χ1n) is 7.81. The van der Waals surface area contributed by atoms with Gasteiger partial charge in [-0.05, 0) is 37.5 Å². The first-order chi connectivity index (χ1) is 11.8. The summed E-state index contributed by atoms with van der Waals surface area (Å²) in [5, 5.41) is 29.3. The second-order valence-corrected chi connectivity index (χ2v) is 5.79. The predicted octanol–water partition coefficient (Wildman–Crippen LogP) is 2.62. The molecule has 25 heavy (non-hydrogen) atoms. The number of aliphatic hydroxyl groups is 1. The molecule has 1 aromatic carbocycles. The molecule has 3 N–H and O–H groups in total. The Kier molecular flexibility index (Phi) is 5.93. The van der Waals surface area contributed by atoms with Crippen molar-refractivity contribution in [3.63, 3.8) is 0 Å². The highest BCUT2D eigenvalue weighted by Crippen LogP contribution is 2.30. The van der Waals surface area contributed by atoms with Gasteiger partial charge in [0.05, 0.1) is 0 Å². The second kappa shape index (κ2) is 7.94. The van der Waals surface area contributed by atoms with Gasteiger partial charge < -0.3 is 20.1 Å². The average Bonchev–Trinajstić information content (AvgIpc) is 2.54. The third-order valence-electron chi connectivity index (χ3n) is 3.72. The summed E-state index contributed by atoms with van der Waals surface area (Å²) in [6, 6.07) is 2.30. The fourth-order valence-corrected chi connectivity index (χ4v) is 2.40. The Balaban J connectivity index is 2.41. The zero-order valence-electron chi connectivity index (χ0n) is 13.6. The number of carbonyl (C=O) groups excluding carboxylic acids is 2. The van der Waals surface area contributed by atoms with Crippen molar-refractivity contribution in [1.29, 1.82) is 0 Å². The molecule has 2 atom stereocenters. The van der Waals surface area contributed by atoms with Crippen LogP contribution in [0.4, 0.5) is 4.39 Å². The number of aliphatic hydroxyl groups excluding tert-OH is 1. The van der Waals surface area contributed by atoms with Crippen molar-refractivity contribution in [3.8, 4) is 11.5 Å². The van der Waals surface area contributed by atoms with Crippen LogP contribution in [-0.2, 0) is 9.53 Å². The molecule has 7 heteroatoms. The molecule has 0 bridgehead atoms. The highest BCUT2D eigenvalue weighted by Gasteiger charge is 2.22. The number of carbonyl (C=O) groups is 2. The lowest BCUT2D eigenvalue weighted by molar-refractivity contribution is -0.125. The number of allylic oxidation sites excluding steroid dienone is 1. The number of benzene rings is 1. The lowest BCUT2D eigenvalue weighted by Gasteiger charge is -2.15. The zero-order chi connectivity index (χ0) is 18.6. The molecule has 1 aliphatic heterocycles. The van der Waals surface area contributed by atoms with Crippen molar-refractivity contribution in [2.45, 2.75) is 38.4 Å². The Labute approximate surface area is 143 Å². The van der Waals surface area contributed by atoms with Gasteiger partial charge in [0.15, 0.2) is 5.83 Å². The topological polar surface area (TPSA) is 104 Å². The second-order valence-electron chi connectivity index (χ2n) is 5.79. The van der Waals surface area contributed by atoms with Crippen LogP contribution in [0, 0.1) is 0 Å². The number of halogens is 1. The van der Waals surface area contributed by atoms with Crippen LogP contribution in [-0.4, -0.2) is 39.3 Å². The Morgan fingerprint density at radius 2 is 1.96 bits per heavy atom. The Hall–Kier alpha value is -2.67. The number of hydrogen-bond acceptors (Lipinski definition) is 6. The number of hydrogen-bond donors (Lipinski definition) is 3. The minimum atomic E-state index is -1.47. The maximum absolute atomic E-state index is 13.7. The van der Waals surface area contributed by atoms with Gasteiger partial charge in [0, 0.05) is 12.5 Å². The van der Waals surface area contributed by atoms with E-state index < -0.39 is 35.5 Å². The molecule has 0 amide bonds. The van der Waals surface area contributed by atoms with E-state index in [1.54, 1.807) is 0 Å². The Morgan fingerprint density at radius 1 is 1.24 bits per heavy atom. The van der Waals surface area contributed by atoms with E-state index in [2.05, 4.69) is 0 Å². The maximum atomic E-state index is 13.7. The van der Waals surface area contributed by atoms with Gasteiger partial charge in [0.2, 0.25) is 5.78 Å². The molecule has 1 aliphatic rings. The fourth-order valence-electron chi connectivity index (χ4n) is 2.40. The van der Waals surface area contributed by atoms with Crippen molar-refractivity contribution in [1.82, 2.24) is 0 Å². The van der Waals surface area contributed by atoms with Crippen LogP contribution in [0.3, 0.4) is 0 Å². The van der Waals surface area contributed by atoms with Crippen LogP contribution >= 0.6 is 0 Å². The number of fused-ring (bicyclic) bond motifs is 1. The molecule has 0 spiro atoms. The van der Waals surface area contributed by atoms with Crippen LogP contribution in [0.2, 0.25) is 0 Å². The minimum Gasteiger partial charge on any atom is -0.508 e. The summed E-state index contributed by atoms with van der Waals surface area (Å²) >= 11 is 0. The standard InChI is InChI=1S/C18H19FO6/c1-10-6-7-13(19)17(23)14(21)5-3-2-4-11-8-12(20)9-15(22)16(11)18(24)25-10/h2,4,7-10,14,20-22H,3,5-6H2,1H3/b4-2+,13-7+/t10-,14?/m0/s1. The van der Waals surface area contributed by atoms with Crippen LogP contribution in [0.15, 0.2) is 30.1 Å². The summed E-state index contributed by atoms with van der Waals surface area (Å²) in [5.41, 5.74) is 0.105. The highest BCUT2D eigenvalue weighted by atomic mass is 19.1. The Morgan fingerprint density at radius 3 is 2.68 bits per heavy atom. The number of aromatic hydroxyl groups is 2. The molecular weight excluding hydrogens is 331 g/mol. The fraction of sp³-hybridized carbons (Fsp3) is 0.333. The molecule has 0 saturated carbocycles. The molecule has 1 aromatic rings. The third kappa shape index (κ3) is 4.67. The quantitative estimate of drug-likeness (QED) is 0.622. The van der Waals surface area contributed by atoms with Gasteiger partial charge in [-0.15, -0.1) is 0 Å². The summed E-state index contributed by atoms with van der Waals surface area (Å²) in [6.07, 6.45) is 1.87. The van der Waals surface area contributed by atoms with E-state index in [1.807, 2.05) is 0 Å². The number of phenols is 2. The van der Waals surface area contributed by atoms with Crippen molar-refractivity contribution in [3.05, 3.63) is 41.2 Å². The summed E-state index contributed by atoms with van der Waals surface area (Å²) < 4.78 is 18.9. The van der Waals surface area contributed by atoms with Gasteiger partial charge in [-0.25, -0.2) is 9.18 Å². The molecular formula is C18H19FO6. The van der Waals surface area contributed by atoms with E-state index >= 15 is 0 Å². The molecule has 134 valence electrons. The summed E-state index contributed by atoms with van der Waals surface area (Å²) in [6.45, 7) is 1.50. The number of rotatable bonds is 0. The van der Waals surface area contributed by atoms with E-state index in [0.717, 1.165) is 12.1 Å². The molecule has 0 saturated heterocycles. The molecule has 2 rings (SSSR count). The number of ketones is 1. The number of phenolic OH excluding ortho intramolecular Hbond substituents is 2. The van der Waals surface area contributed by atoms with Gasteiger partial charge >= 0.3 is 5.97 Å². The summed E-state index contributed by atoms with van der Waals surface area (Å²) in [4.78, 5) is 24.0. The molecule has 0 aliphatic carbocycles. The van der Waals surface area contributed by atoms with Gasteiger partial charge in [0.25, 0.3) is 0 Å². The van der Waals surface area contributed by atoms with Crippen LogP contribution in [0.25, 0.3) is 6.08 Å². The minimum absolute atomic E-state index is 0.00325. The maximum Gasteiger partial charge on any atom is 0.342 e. The number of Topliss-reactive ketones (excluding diaryl/α,β-unsaturated/α-hetero) is 1. The molecule has 0 radical (unpaired) electrons. The van der Waals surface area contributed by atoms with Crippen molar-refractivity contribution >= 4 is 17.8 Å². The first kappa shape index (κ1) is 18.7. The summed E-state index contributed by atoms with van der Waals surface area (Å²) in [5.74, 6) is -3.60. The number of cyclic esters (lactones) is 1. The molecule has 1 unspecified atom stereocenters. The van der Waals surface area contributed by atoms with Crippen LogP contribution in [0.1, 0.15) is 42.1 Å². The average molecular weight is 350 g/mol. The molecule has 0 aromatic heterocycles. The molecule has 6 nitrogen and oxygen atoms in total. The van der Waals surface area contributed by atoms with E-state index in [1.165, 1.54) is 25.1 Å². The van der Waals surface area contributed by atoms with Gasteiger partial charge in [-0.2, -0.15) is 0 Å². The van der Waals surface area contributed by atoms with Crippen molar-refractivity contribution in [2.24, 2.45) is 0 Å². The van der Waals surface area contributed by atoms with Crippen molar-refractivity contribution < 1.29 is 34.0 Å². The summed E-state index contributed by atoms with van der Waals surface area (Å²) in [7, 11) is 0. The smallest absolute Gasteiger partial charge is 0.342 e. The zero-order valence-corrected chi connectivity index (χ0v) is 13.6. The van der Waals surface area contributed by atoms with Crippen LogP contribution < -0.4 is 0 Å². The SMILES string of the molecule is C[C@H]1C/C=C(/F)C(=O)C(O)CC/C=C/c2cc(O)cc(O)c2C(=O)O1. The lowest BCUT2D eigenvalue weighted by Crippen LogP contribution is -2.21.